The first-order valence-electron chi connectivity index (χ1n) is 5.06. The molecule has 0 unspecified atom stereocenters. The van der Waals surface area contributed by atoms with Crippen molar-refractivity contribution in [1.82, 2.24) is 9.78 Å². The number of nitrogens with one attached hydrogen (secondary N) is 1. The average Bonchev–Trinajstić information content (AvgIpc) is 2.28. The van der Waals surface area contributed by atoms with E-state index in [1.54, 1.807) is 13.2 Å². The summed E-state index contributed by atoms with van der Waals surface area (Å²) in [6.45, 7) is 0.732. The molecule has 0 amide bonds. The molecule has 1 aromatic rings. The fourth-order valence-electron chi connectivity index (χ4n) is 1.21. The quantitative estimate of drug-likeness (QED) is 0.628. The molecule has 0 bridgehead atoms. The lowest BCUT2D eigenvalue weighted by atomic mass is 10.2. The minimum atomic E-state index is -0.296. The second kappa shape index (κ2) is 6.19. The molecule has 0 saturated heterocycles. The summed E-state index contributed by atoms with van der Waals surface area (Å²) in [4.78, 5) is 11.4. The Morgan fingerprint density at radius 1 is 1.62 bits per heavy atom. The van der Waals surface area contributed by atoms with E-state index in [1.807, 2.05) is 0 Å². The van der Waals surface area contributed by atoms with Gasteiger partial charge in [0.2, 0.25) is 0 Å². The molecule has 86 valence electrons. The van der Waals surface area contributed by atoms with E-state index in [0.717, 1.165) is 25.8 Å². The maximum Gasteiger partial charge on any atom is 0.287 e. The van der Waals surface area contributed by atoms with Crippen LogP contribution in [0.5, 0.6) is 0 Å². The summed E-state index contributed by atoms with van der Waals surface area (Å²) in [6.07, 6.45) is 9.35. The number of rotatable bonds is 5. The predicted molar refractivity (Wildman–Crippen MR) is 65.7 cm³/mol. The molecule has 1 N–H and O–H groups in total. The highest BCUT2D eigenvalue weighted by Gasteiger charge is 2.05. The summed E-state index contributed by atoms with van der Waals surface area (Å²) in [6, 6.07) is 0. The van der Waals surface area contributed by atoms with Gasteiger partial charge >= 0.3 is 0 Å². The largest absolute Gasteiger partial charge is 0.382 e. The van der Waals surface area contributed by atoms with Crippen molar-refractivity contribution in [2.45, 2.75) is 19.3 Å². The lowest BCUT2D eigenvalue weighted by Crippen LogP contribution is -2.21. The fraction of sp³-hybridized carbons (Fsp3) is 0.455. The van der Waals surface area contributed by atoms with Crippen molar-refractivity contribution < 1.29 is 0 Å². The molecule has 0 spiro atoms. The van der Waals surface area contributed by atoms with Crippen LogP contribution in [0.2, 0.25) is 5.02 Å². The van der Waals surface area contributed by atoms with E-state index in [9.17, 15) is 4.79 Å². The number of hydrogen-bond donors (Lipinski definition) is 1. The number of terminal acetylenes is 1. The van der Waals surface area contributed by atoms with Crippen molar-refractivity contribution in [3.05, 3.63) is 21.6 Å². The lowest BCUT2D eigenvalue weighted by Gasteiger charge is -2.07. The molecular weight excluding hydrogens is 226 g/mol. The molecule has 0 aromatic carbocycles. The molecule has 5 heteroatoms. The third-order valence-corrected chi connectivity index (χ3v) is 2.51. The summed E-state index contributed by atoms with van der Waals surface area (Å²) in [5.74, 6) is 2.57. The molecule has 0 radical (unpaired) electrons. The molecule has 1 aromatic heterocycles. The Morgan fingerprint density at radius 3 is 3.06 bits per heavy atom. The van der Waals surface area contributed by atoms with Gasteiger partial charge < -0.3 is 5.32 Å². The first-order chi connectivity index (χ1) is 7.66. The highest BCUT2D eigenvalue weighted by molar-refractivity contribution is 6.32. The topological polar surface area (TPSA) is 46.9 Å². The van der Waals surface area contributed by atoms with E-state index >= 15 is 0 Å². The molecule has 1 heterocycles. The summed E-state index contributed by atoms with van der Waals surface area (Å²) < 4.78 is 1.20. The minimum absolute atomic E-state index is 0.175. The van der Waals surface area contributed by atoms with E-state index < -0.39 is 0 Å². The molecule has 4 nitrogen and oxygen atoms in total. The summed E-state index contributed by atoms with van der Waals surface area (Å²) in [5, 5.41) is 7.12. The van der Waals surface area contributed by atoms with Gasteiger partial charge in [0.05, 0.1) is 11.9 Å². The van der Waals surface area contributed by atoms with Crippen molar-refractivity contribution in [1.29, 1.82) is 0 Å². The molecule has 0 atom stereocenters. The SMILES string of the molecule is C#CCCCCNc1cnn(C)c(=O)c1Cl. The van der Waals surface area contributed by atoms with E-state index in [2.05, 4.69) is 16.3 Å². The summed E-state index contributed by atoms with van der Waals surface area (Å²) >= 11 is 5.87. The van der Waals surface area contributed by atoms with Crippen molar-refractivity contribution in [2.24, 2.45) is 7.05 Å². The maximum atomic E-state index is 11.4. The normalized spacial score (nSPS) is 9.81. The minimum Gasteiger partial charge on any atom is -0.382 e. The van der Waals surface area contributed by atoms with Crippen LogP contribution < -0.4 is 10.9 Å². The van der Waals surface area contributed by atoms with Gasteiger partial charge in [-0.1, -0.05) is 11.6 Å². The van der Waals surface area contributed by atoms with Gasteiger partial charge in [0, 0.05) is 20.0 Å². The highest BCUT2D eigenvalue weighted by atomic mass is 35.5. The average molecular weight is 240 g/mol. The summed E-state index contributed by atoms with van der Waals surface area (Å²) in [5.41, 5.74) is 0.278. The van der Waals surface area contributed by atoms with Gasteiger partial charge in [-0.15, -0.1) is 12.3 Å². The molecular formula is C11H14ClN3O. The van der Waals surface area contributed by atoms with Crippen LogP contribution in [0.1, 0.15) is 19.3 Å². The Morgan fingerprint density at radius 2 is 2.38 bits per heavy atom. The zero-order valence-electron chi connectivity index (χ0n) is 9.16. The predicted octanol–water partition coefficient (Wildman–Crippen LogP) is 1.65. The number of hydrogen-bond acceptors (Lipinski definition) is 3. The van der Waals surface area contributed by atoms with Crippen LogP contribution in [0.15, 0.2) is 11.0 Å². The van der Waals surface area contributed by atoms with Gasteiger partial charge in [-0.25, -0.2) is 4.68 Å². The number of nitrogens with zero attached hydrogens (tertiary/aromatic N) is 2. The first kappa shape index (κ1) is 12.6. The van der Waals surface area contributed by atoms with Crippen LogP contribution in [0, 0.1) is 12.3 Å². The van der Waals surface area contributed by atoms with Gasteiger partial charge in [-0.2, -0.15) is 5.10 Å². The van der Waals surface area contributed by atoms with Crippen LogP contribution >= 0.6 is 11.6 Å². The van der Waals surface area contributed by atoms with Crippen LogP contribution in [0.25, 0.3) is 0 Å². The van der Waals surface area contributed by atoms with Crippen molar-refractivity contribution in [3.63, 3.8) is 0 Å². The molecule has 0 aliphatic rings. The molecule has 0 aliphatic carbocycles. The molecule has 0 fully saturated rings. The third kappa shape index (κ3) is 3.28. The summed E-state index contributed by atoms with van der Waals surface area (Å²) in [7, 11) is 1.56. The zero-order valence-corrected chi connectivity index (χ0v) is 9.92. The fourth-order valence-corrected chi connectivity index (χ4v) is 1.45. The first-order valence-corrected chi connectivity index (χ1v) is 5.43. The smallest absolute Gasteiger partial charge is 0.287 e. The molecule has 1 rings (SSSR count). The standard InChI is InChI=1S/C11H14ClN3O/c1-3-4-5-6-7-13-9-8-14-15(2)11(16)10(9)12/h1,8,13H,4-7H2,2H3. The second-order valence-corrected chi connectivity index (χ2v) is 3.77. The van der Waals surface area contributed by atoms with E-state index in [1.165, 1.54) is 4.68 Å². The van der Waals surface area contributed by atoms with Gasteiger partial charge in [-0.3, -0.25) is 4.79 Å². The van der Waals surface area contributed by atoms with Crippen molar-refractivity contribution >= 4 is 17.3 Å². The van der Waals surface area contributed by atoms with Gasteiger partial charge in [0.15, 0.2) is 0 Å². The van der Waals surface area contributed by atoms with Crippen molar-refractivity contribution in [2.75, 3.05) is 11.9 Å². The van der Waals surface area contributed by atoms with Gasteiger partial charge in [0.1, 0.15) is 5.02 Å². The van der Waals surface area contributed by atoms with Crippen LogP contribution in [-0.2, 0) is 7.05 Å². The van der Waals surface area contributed by atoms with Gasteiger partial charge in [0.25, 0.3) is 5.56 Å². The Hall–Kier alpha value is -1.47. The van der Waals surface area contributed by atoms with E-state index in [4.69, 9.17) is 18.0 Å². The van der Waals surface area contributed by atoms with Crippen LogP contribution in [-0.4, -0.2) is 16.3 Å². The third-order valence-electron chi connectivity index (χ3n) is 2.14. The van der Waals surface area contributed by atoms with Gasteiger partial charge in [-0.05, 0) is 12.8 Å². The number of aryl methyl sites for hydroxylation is 1. The van der Waals surface area contributed by atoms with Crippen LogP contribution in [0.3, 0.4) is 0 Å². The maximum absolute atomic E-state index is 11.4. The molecule has 0 saturated carbocycles. The van der Waals surface area contributed by atoms with Crippen molar-refractivity contribution in [3.8, 4) is 12.3 Å². The Bertz CT molecular complexity index is 448. The lowest BCUT2D eigenvalue weighted by molar-refractivity contribution is 0.707. The zero-order chi connectivity index (χ0) is 12.0. The molecule has 16 heavy (non-hydrogen) atoms. The Kier molecular flexibility index (Phi) is 4.87. The number of halogens is 1. The van der Waals surface area contributed by atoms with E-state index in [-0.39, 0.29) is 10.6 Å². The number of aromatic nitrogens is 2. The molecule has 0 aliphatic heterocycles. The number of unbranched alkanes of at least 4 members (excludes halogenated alkanes) is 2. The Labute approximate surface area is 99.6 Å². The highest BCUT2D eigenvalue weighted by Crippen LogP contribution is 2.14. The van der Waals surface area contributed by atoms with Crippen LogP contribution in [0.4, 0.5) is 5.69 Å². The Balaban J connectivity index is 2.53. The second-order valence-electron chi connectivity index (χ2n) is 3.39. The van der Waals surface area contributed by atoms with E-state index in [0.29, 0.717) is 5.69 Å². The number of anilines is 1. The monoisotopic (exact) mass is 239 g/mol.